The van der Waals surface area contributed by atoms with Crippen molar-refractivity contribution in [1.82, 2.24) is 9.29 Å². The highest BCUT2D eigenvalue weighted by Crippen LogP contribution is 2.38. The second kappa shape index (κ2) is 6.81. The molecule has 1 aromatic carbocycles. The van der Waals surface area contributed by atoms with Crippen LogP contribution in [0.25, 0.3) is 0 Å². The number of nitrogens with zero attached hydrogens (tertiary/aromatic N) is 2. The molecule has 3 rings (SSSR count). The van der Waals surface area contributed by atoms with Crippen LogP contribution in [-0.2, 0) is 26.7 Å². The third kappa shape index (κ3) is 3.24. The monoisotopic (exact) mass is 373 g/mol. The third-order valence-corrected chi connectivity index (χ3v) is 6.84. The summed E-state index contributed by atoms with van der Waals surface area (Å²) < 4.78 is 27.6. The minimum absolute atomic E-state index is 0.118. The van der Waals surface area contributed by atoms with Gasteiger partial charge in [-0.1, -0.05) is 6.92 Å². The molecule has 1 aromatic heterocycles. The summed E-state index contributed by atoms with van der Waals surface area (Å²) in [6.07, 6.45) is 4.02. The molecule has 0 bridgehead atoms. The number of benzene rings is 1. The molecular weight excluding hydrogens is 350 g/mol. The summed E-state index contributed by atoms with van der Waals surface area (Å²) in [5, 5.41) is 2.80. The number of rotatable bonds is 6. The molecule has 0 unspecified atom stereocenters. The summed E-state index contributed by atoms with van der Waals surface area (Å²) >= 11 is 0. The first-order chi connectivity index (χ1) is 12.3. The first-order valence-electron chi connectivity index (χ1n) is 8.62. The first kappa shape index (κ1) is 18.5. The van der Waals surface area contributed by atoms with Gasteiger partial charge < -0.3 is 5.32 Å². The van der Waals surface area contributed by atoms with Gasteiger partial charge in [0.25, 0.3) is 0 Å². The van der Waals surface area contributed by atoms with Crippen LogP contribution < -0.4 is 5.32 Å². The molecule has 0 spiro atoms. The van der Waals surface area contributed by atoms with E-state index in [4.69, 9.17) is 0 Å². The van der Waals surface area contributed by atoms with Gasteiger partial charge in [-0.05, 0) is 61.7 Å². The van der Waals surface area contributed by atoms with Crippen LogP contribution in [0.5, 0.6) is 0 Å². The van der Waals surface area contributed by atoms with Crippen LogP contribution in [0.2, 0.25) is 0 Å². The molecule has 0 aliphatic carbocycles. The molecule has 2 aromatic rings. The number of pyridine rings is 1. The van der Waals surface area contributed by atoms with E-state index in [0.717, 1.165) is 5.56 Å². The molecule has 7 heteroatoms. The Balaban J connectivity index is 1.87. The molecule has 0 saturated carbocycles. The molecule has 138 valence electrons. The fourth-order valence-corrected chi connectivity index (χ4v) is 4.59. The number of fused-ring (bicyclic) bond motifs is 1. The van der Waals surface area contributed by atoms with E-state index in [1.807, 2.05) is 19.1 Å². The molecule has 0 atom stereocenters. The second-order valence-electron chi connectivity index (χ2n) is 6.89. The van der Waals surface area contributed by atoms with Crippen molar-refractivity contribution in [1.29, 1.82) is 0 Å². The van der Waals surface area contributed by atoms with Crippen molar-refractivity contribution in [3.05, 3.63) is 53.9 Å². The zero-order chi connectivity index (χ0) is 18.9. The topological polar surface area (TPSA) is 79.4 Å². The second-order valence-corrected chi connectivity index (χ2v) is 8.83. The van der Waals surface area contributed by atoms with E-state index in [1.165, 1.54) is 4.31 Å². The van der Waals surface area contributed by atoms with Gasteiger partial charge in [0.05, 0.1) is 10.3 Å². The van der Waals surface area contributed by atoms with Gasteiger partial charge in [-0.3, -0.25) is 9.78 Å². The Labute approximate surface area is 154 Å². The molecule has 1 N–H and O–H groups in total. The number of aromatic nitrogens is 1. The van der Waals surface area contributed by atoms with Crippen molar-refractivity contribution in [3.63, 3.8) is 0 Å². The fraction of sp³-hybridized carbons (Fsp3) is 0.368. The highest BCUT2D eigenvalue weighted by atomic mass is 32.2. The van der Waals surface area contributed by atoms with Crippen LogP contribution in [0.3, 0.4) is 0 Å². The molecule has 1 aliphatic heterocycles. The number of sulfonamides is 1. The standard InChI is InChI=1S/C19H23N3O3S/c1-4-22(12-9-14-7-10-20-11-8-14)26(24,25)15-5-6-17-16(13-15)19(2,3)18(23)21-17/h5-8,10-11,13H,4,9,12H2,1-3H3,(H,21,23). The van der Waals surface area contributed by atoms with Gasteiger partial charge >= 0.3 is 0 Å². The van der Waals surface area contributed by atoms with Crippen molar-refractivity contribution >= 4 is 21.6 Å². The average molecular weight is 373 g/mol. The molecule has 0 fully saturated rings. The van der Waals surface area contributed by atoms with Crippen molar-refractivity contribution in [2.75, 3.05) is 18.4 Å². The van der Waals surface area contributed by atoms with Gasteiger partial charge in [0, 0.05) is 31.2 Å². The van der Waals surface area contributed by atoms with E-state index < -0.39 is 15.4 Å². The van der Waals surface area contributed by atoms with Crippen LogP contribution in [-0.4, -0.2) is 36.7 Å². The lowest BCUT2D eigenvalue weighted by molar-refractivity contribution is -0.119. The lowest BCUT2D eigenvalue weighted by atomic mass is 9.86. The van der Waals surface area contributed by atoms with Gasteiger partial charge in [0.1, 0.15) is 0 Å². The number of hydrogen-bond acceptors (Lipinski definition) is 4. The van der Waals surface area contributed by atoms with Crippen LogP contribution in [0.1, 0.15) is 31.9 Å². The Hall–Kier alpha value is -2.25. The van der Waals surface area contributed by atoms with Crippen molar-refractivity contribution < 1.29 is 13.2 Å². The number of carbonyl (C=O) groups is 1. The summed E-state index contributed by atoms with van der Waals surface area (Å²) in [6.45, 7) is 6.19. The largest absolute Gasteiger partial charge is 0.325 e. The highest BCUT2D eigenvalue weighted by molar-refractivity contribution is 7.89. The van der Waals surface area contributed by atoms with Crippen molar-refractivity contribution in [2.45, 2.75) is 37.5 Å². The summed E-state index contributed by atoms with van der Waals surface area (Å²) in [4.78, 5) is 16.3. The van der Waals surface area contributed by atoms with E-state index in [0.29, 0.717) is 30.8 Å². The molecule has 0 radical (unpaired) electrons. The van der Waals surface area contributed by atoms with E-state index in [9.17, 15) is 13.2 Å². The Kier molecular flexibility index (Phi) is 4.86. The maximum atomic E-state index is 13.1. The van der Waals surface area contributed by atoms with Gasteiger partial charge in [-0.25, -0.2) is 8.42 Å². The van der Waals surface area contributed by atoms with E-state index in [-0.39, 0.29) is 10.8 Å². The predicted molar refractivity (Wildman–Crippen MR) is 100 cm³/mol. The number of anilines is 1. The minimum Gasteiger partial charge on any atom is -0.325 e. The zero-order valence-electron chi connectivity index (χ0n) is 15.2. The van der Waals surface area contributed by atoms with E-state index in [2.05, 4.69) is 10.3 Å². The molecular formula is C19H23N3O3S. The SMILES string of the molecule is CCN(CCc1ccncc1)S(=O)(=O)c1ccc2c(c1)C(C)(C)C(=O)N2. The number of carbonyl (C=O) groups excluding carboxylic acids is 1. The average Bonchev–Trinajstić information content (AvgIpc) is 2.85. The van der Waals surface area contributed by atoms with E-state index in [1.54, 1.807) is 44.4 Å². The molecule has 6 nitrogen and oxygen atoms in total. The Morgan fingerprint density at radius 2 is 1.85 bits per heavy atom. The van der Waals surface area contributed by atoms with Crippen molar-refractivity contribution in [3.8, 4) is 0 Å². The van der Waals surface area contributed by atoms with E-state index >= 15 is 0 Å². The van der Waals surface area contributed by atoms with Gasteiger partial charge in [0.15, 0.2) is 0 Å². The number of nitrogens with one attached hydrogen (secondary N) is 1. The molecule has 1 amide bonds. The predicted octanol–water partition coefficient (Wildman–Crippen LogP) is 2.56. The van der Waals surface area contributed by atoms with Crippen LogP contribution >= 0.6 is 0 Å². The first-order valence-corrected chi connectivity index (χ1v) is 10.1. The maximum absolute atomic E-state index is 13.1. The number of amides is 1. The summed E-state index contributed by atoms with van der Waals surface area (Å²) in [7, 11) is -3.63. The molecule has 1 aliphatic rings. The van der Waals surface area contributed by atoms with Crippen LogP contribution in [0, 0.1) is 0 Å². The molecule has 26 heavy (non-hydrogen) atoms. The molecule has 2 heterocycles. The maximum Gasteiger partial charge on any atom is 0.243 e. The zero-order valence-corrected chi connectivity index (χ0v) is 16.0. The Morgan fingerprint density at radius 1 is 1.15 bits per heavy atom. The third-order valence-electron chi connectivity index (χ3n) is 4.87. The smallest absolute Gasteiger partial charge is 0.243 e. The lowest BCUT2D eigenvalue weighted by Crippen LogP contribution is -2.33. The summed E-state index contributed by atoms with van der Waals surface area (Å²) in [5.41, 5.74) is 1.70. The Morgan fingerprint density at radius 3 is 2.50 bits per heavy atom. The van der Waals surface area contributed by atoms with Gasteiger partial charge in [-0.2, -0.15) is 4.31 Å². The van der Waals surface area contributed by atoms with Gasteiger partial charge in [0.2, 0.25) is 15.9 Å². The normalized spacial score (nSPS) is 15.8. The lowest BCUT2D eigenvalue weighted by Gasteiger charge is -2.22. The van der Waals surface area contributed by atoms with Crippen LogP contribution in [0.4, 0.5) is 5.69 Å². The minimum atomic E-state index is -3.63. The highest BCUT2D eigenvalue weighted by Gasteiger charge is 2.39. The van der Waals surface area contributed by atoms with Crippen LogP contribution in [0.15, 0.2) is 47.6 Å². The number of likely N-dealkylation sites (N-methyl/N-ethyl adjacent to an activating group) is 1. The summed E-state index contributed by atoms with van der Waals surface area (Å²) in [6, 6.07) is 8.62. The number of hydrogen-bond donors (Lipinski definition) is 1. The quantitative estimate of drug-likeness (QED) is 0.844. The fourth-order valence-electron chi connectivity index (χ4n) is 3.11. The Bertz CT molecular complexity index is 924. The van der Waals surface area contributed by atoms with Crippen molar-refractivity contribution in [2.24, 2.45) is 0 Å². The van der Waals surface area contributed by atoms with Gasteiger partial charge in [-0.15, -0.1) is 0 Å². The summed E-state index contributed by atoms with van der Waals surface area (Å²) in [5.74, 6) is -0.118. The molecule has 0 saturated heterocycles.